The summed E-state index contributed by atoms with van der Waals surface area (Å²) >= 11 is 0. The minimum absolute atomic E-state index is 0.0311. The molecular weight excluding hydrogens is 216 g/mol. The summed E-state index contributed by atoms with van der Waals surface area (Å²) in [7, 11) is 0. The molecule has 0 aromatic carbocycles. The van der Waals surface area contributed by atoms with Gasteiger partial charge in [-0.2, -0.15) is 0 Å². The molecule has 0 atom stereocenters. The summed E-state index contributed by atoms with van der Waals surface area (Å²) in [5, 5.41) is 16.2. The second-order valence-corrected chi connectivity index (χ2v) is 5.45. The fraction of sp³-hybridized carbons (Fsp3) is 0.923. The predicted molar refractivity (Wildman–Crippen MR) is 68.8 cm³/mol. The minimum Gasteiger partial charge on any atom is -0.388 e. The molecule has 1 aliphatic rings. The van der Waals surface area contributed by atoms with E-state index in [0.29, 0.717) is 19.1 Å². The molecule has 0 bridgehead atoms. The third-order valence-electron chi connectivity index (χ3n) is 3.32. The molecule has 0 saturated heterocycles. The van der Waals surface area contributed by atoms with Crippen LogP contribution in [0, 0.1) is 0 Å². The molecule has 0 heterocycles. The average molecular weight is 242 g/mol. The van der Waals surface area contributed by atoms with Crippen molar-refractivity contribution in [2.45, 2.75) is 64.0 Å². The van der Waals surface area contributed by atoms with Crippen molar-refractivity contribution in [3.63, 3.8) is 0 Å². The summed E-state index contributed by atoms with van der Waals surface area (Å²) in [4.78, 5) is 11.5. The second-order valence-electron chi connectivity index (χ2n) is 5.45. The number of carbonyl (C=O) groups is 1. The first kappa shape index (κ1) is 14.5. The van der Waals surface area contributed by atoms with Gasteiger partial charge in [-0.15, -0.1) is 0 Å². The third-order valence-corrected chi connectivity index (χ3v) is 3.32. The first-order valence-electron chi connectivity index (χ1n) is 6.74. The molecule has 0 radical (unpaired) electrons. The van der Waals surface area contributed by atoms with E-state index in [1.807, 2.05) is 13.8 Å². The molecule has 0 aliphatic heterocycles. The van der Waals surface area contributed by atoms with Crippen LogP contribution in [-0.4, -0.2) is 35.7 Å². The molecule has 1 fully saturated rings. The Hall–Kier alpha value is -0.610. The second kappa shape index (κ2) is 6.97. The van der Waals surface area contributed by atoms with Crippen LogP contribution in [0.4, 0.5) is 0 Å². The van der Waals surface area contributed by atoms with E-state index in [-0.39, 0.29) is 5.91 Å². The molecule has 0 aromatic heterocycles. The Kier molecular flexibility index (Phi) is 5.92. The van der Waals surface area contributed by atoms with E-state index in [1.165, 1.54) is 12.8 Å². The first-order valence-corrected chi connectivity index (χ1v) is 6.74. The molecule has 1 saturated carbocycles. The van der Waals surface area contributed by atoms with Crippen molar-refractivity contribution in [2.24, 2.45) is 0 Å². The van der Waals surface area contributed by atoms with Crippen molar-refractivity contribution in [3.05, 3.63) is 0 Å². The SMILES string of the molecule is CC(C)NCC(=O)NCC1(O)CCCCCC1. The number of amides is 1. The Morgan fingerprint density at radius 1 is 1.24 bits per heavy atom. The smallest absolute Gasteiger partial charge is 0.234 e. The van der Waals surface area contributed by atoms with Gasteiger partial charge in [-0.05, 0) is 12.8 Å². The number of nitrogens with one attached hydrogen (secondary N) is 2. The minimum atomic E-state index is -0.677. The van der Waals surface area contributed by atoms with Crippen molar-refractivity contribution in [1.82, 2.24) is 10.6 Å². The fourth-order valence-electron chi connectivity index (χ4n) is 2.19. The number of rotatable bonds is 5. The van der Waals surface area contributed by atoms with Gasteiger partial charge in [0.25, 0.3) is 0 Å². The molecule has 3 N–H and O–H groups in total. The monoisotopic (exact) mass is 242 g/mol. The zero-order valence-corrected chi connectivity index (χ0v) is 11.1. The topological polar surface area (TPSA) is 61.4 Å². The number of hydrogen-bond acceptors (Lipinski definition) is 3. The standard InChI is InChI=1S/C13H26N2O2/c1-11(2)14-9-12(16)15-10-13(17)7-5-3-4-6-8-13/h11,14,17H,3-10H2,1-2H3,(H,15,16). The van der Waals surface area contributed by atoms with Crippen molar-refractivity contribution in [1.29, 1.82) is 0 Å². The highest BCUT2D eigenvalue weighted by atomic mass is 16.3. The highest BCUT2D eigenvalue weighted by molar-refractivity contribution is 5.78. The van der Waals surface area contributed by atoms with E-state index in [9.17, 15) is 9.90 Å². The van der Waals surface area contributed by atoms with Gasteiger partial charge in [0.1, 0.15) is 0 Å². The van der Waals surface area contributed by atoms with E-state index in [2.05, 4.69) is 10.6 Å². The van der Waals surface area contributed by atoms with Crippen LogP contribution in [-0.2, 0) is 4.79 Å². The Morgan fingerprint density at radius 2 is 1.82 bits per heavy atom. The maximum Gasteiger partial charge on any atom is 0.234 e. The molecule has 1 aliphatic carbocycles. The lowest BCUT2D eigenvalue weighted by atomic mass is 9.94. The molecular formula is C13H26N2O2. The van der Waals surface area contributed by atoms with E-state index < -0.39 is 5.60 Å². The van der Waals surface area contributed by atoms with Crippen molar-refractivity contribution in [3.8, 4) is 0 Å². The van der Waals surface area contributed by atoms with Crippen LogP contribution in [0.2, 0.25) is 0 Å². The molecule has 4 heteroatoms. The summed E-state index contributed by atoms with van der Waals surface area (Å²) in [5.74, 6) is -0.0311. The van der Waals surface area contributed by atoms with E-state index in [0.717, 1.165) is 25.7 Å². The van der Waals surface area contributed by atoms with Crippen LogP contribution >= 0.6 is 0 Å². The van der Waals surface area contributed by atoms with Crippen LogP contribution in [0.3, 0.4) is 0 Å². The molecule has 0 aromatic rings. The highest BCUT2D eigenvalue weighted by Crippen LogP contribution is 2.26. The van der Waals surface area contributed by atoms with Gasteiger partial charge in [-0.1, -0.05) is 39.5 Å². The molecule has 0 spiro atoms. The Bertz CT molecular complexity index is 234. The molecule has 100 valence electrons. The molecule has 1 rings (SSSR count). The fourth-order valence-corrected chi connectivity index (χ4v) is 2.19. The van der Waals surface area contributed by atoms with Crippen LogP contribution in [0.5, 0.6) is 0 Å². The van der Waals surface area contributed by atoms with Gasteiger partial charge in [0.2, 0.25) is 5.91 Å². The Balaban J connectivity index is 2.25. The lowest BCUT2D eigenvalue weighted by Gasteiger charge is -2.26. The van der Waals surface area contributed by atoms with Gasteiger partial charge in [-0.3, -0.25) is 4.79 Å². The molecule has 1 amide bonds. The van der Waals surface area contributed by atoms with Gasteiger partial charge >= 0.3 is 0 Å². The number of hydrogen-bond donors (Lipinski definition) is 3. The lowest BCUT2D eigenvalue weighted by Crippen LogP contribution is -2.45. The van der Waals surface area contributed by atoms with E-state index in [1.54, 1.807) is 0 Å². The Morgan fingerprint density at radius 3 is 2.35 bits per heavy atom. The van der Waals surface area contributed by atoms with Crippen molar-refractivity contribution < 1.29 is 9.90 Å². The molecule has 0 unspecified atom stereocenters. The molecule has 4 nitrogen and oxygen atoms in total. The van der Waals surface area contributed by atoms with E-state index >= 15 is 0 Å². The van der Waals surface area contributed by atoms with Crippen LogP contribution in [0.25, 0.3) is 0 Å². The lowest BCUT2D eigenvalue weighted by molar-refractivity contribution is -0.121. The van der Waals surface area contributed by atoms with Crippen LogP contribution in [0.1, 0.15) is 52.4 Å². The zero-order valence-electron chi connectivity index (χ0n) is 11.1. The average Bonchev–Trinajstić information content (AvgIpc) is 2.49. The zero-order chi connectivity index (χ0) is 12.7. The first-order chi connectivity index (χ1) is 8.02. The quantitative estimate of drug-likeness (QED) is 0.635. The summed E-state index contributed by atoms with van der Waals surface area (Å²) in [6.07, 6.45) is 6.15. The van der Waals surface area contributed by atoms with Gasteiger partial charge in [0.05, 0.1) is 12.1 Å². The summed E-state index contributed by atoms with van der Waals surface area (Å²) in [5.41, 5.74) is -0.677. The summed E-state index contributed by atoms with van der Waals surface area (Å²) < 4.78 is 0. The van der Waals surface area contributed by atoms with Crippen molar-refractivity contribution in [2.75, 3.05) is 13.1 Å². The van der Waals surface area contributed by atoms with Gasteiger partial charge in [0.15, 0.2) is 0 Å². The number of carbonyl (C=O) groups excluding carboxylic acids is 1. The largest absolute Gasteiger partial charge is 0.388 e. The van der Waals surface area contributed by atoms with Crippen LogP contribution in [0.15, 0.2) is 0 Å². The molecule has 17 heavy (non-hydrogen) atoms. The predicted octanol–water partition coefficient (Wildman–Crippen LogP) is 1.19. The summed E-state index contributed by atoms with van der Waals surface area (Å²) in [6, 6.07) is 0.307. The number of aliphatic hydroxyl groups is 1. The van der Waals surface area contributed by atoms with Gasteiger partial charge < -0.3 is 15.7 Å². The van der Waals surface area contributed by atoms with E-state index in [4.69, 9.17) is 0 Å². The third kappa shape index (κ3) is 6.03. The van der Waals surface area contributed by atoms with Crippen LogP contribution < -0.4 is 10.6 Å². The van der Waals surface area contributed by atoms with Gasteiger partial charge in [0, 0.05) is 12.6 Å². The maximum absolute atomic E-state index is 11.5. The highest BCUT2D eigenvalue weighted by Gasteiger charge is 2.28. The maximum atomic E-state index is 11.5. The van der Waals surface area contributed by atoms with Crippen molar-refractivity contribution >= 4 is 5.91 Å². The van der Waals surface area contributed by atoms with Gasteiger partial charge in [-0.25, -0.2) is 0 Å². The normalized spacial score (nSPS) is 20.0. The Labute approximate surface area is 104 Å². The summed E-state index contributed by atoms with van der Waals surface area (Å²) in [6.45, 7) is 4.73.